The molecule has 1 aromatic carbocycles. The molecule has 4 rings (SSSR count). The first-order valence-electron chi connectivity index (χ1n) is 9.79. The molecule has 1 aliphatic rings. The van der Waals surface area contributed by atoms with Gasteiger partial charge in [0.2, 0.25) is 0 Å². The summed E-state index contributed by atoms with van der Waals surface area (Å²) < 4.78 is 11.8. The molecule has 0 saturated heterocycles. The van der Waals surface area contributed by atoms with Gasteiger partial charge in [-0.2, -0.15) is 5.10 Å². The lowest BCUT2D eigenvalue weighted by atomic mass is 10.1. The Labute approximate surface area is 175 Å². The molecule has 8 heteroatoms. The van der Waals surface area contributed by atoms with Crippen LogP contribution >= 0.6 is 0 Å². The summed E-state index contributed by atoms with van der Waals surface area (Å²) in [5, 5.41) is 7.55. The Kier molecular flexibility index (Phi) is 5.31. The van der Waals surface area contributed by atoms with Gasteiger partial charge in [0.15, 0.2) is 0 Å². The molecule has 30 heavy (non-hydrogen) atoms. The minimum atomic E-state index is -0.337. The van der Waals surface area contributed by atoms with Crippen LogP contribution in [0.5, 0.6) is 5.75 Å². The third-order valence-corrected chi connectivity index (χ3v) is 5.22. The minimum absolute atomic E-state index is 0.0749. The lowest BCUT2D eigenvalue weighted by molar-refractivity contribution is -0.138. The zero-order valence-electron chi connectivity index (χ0n) is 17.6. The van der Waals surface area contributed by atoms with Gasteiger partial charge in [0.25, 0.3) is 0 Å². The molecule has 156 valence electrons. The summed E-state index contributed by atoms with van der Waals surface area (Å²) in [6, 6.07) is 9.97. The number of nitrogens with zero attached hydrogens (tertiary/aromatic N) is 4. The second kappa shape index (κ2) is 8.06. The maximum atomic E-state index is 11.4. The van der Waals surface area contributed by atoms with E-state index in [1.165, 1.54) is 7.11 Å². The van der Waals surface area contributed by atoms with Crippen LogP contribution in [0.3, 0.4) is 0 Å². The Morgan fingerprint density at radius 3 is 2.73 bits per heavy atom. The third-order valence-electron chi connectivity index (χ3n) is 5.22. The molecule has 0 bridgehead atoms. The highest BCUT2D eigenvalue weighted by Gasteiger charge is 2.27. The molecule has 0 saturated carbocycles. The van der Waals surface area contributed by atoms with E-state index >= 15 is 0 Å². The summed E-state index contributed by atoms with van der Waals surface area (Å²) in [7, 11) is 3.04. The monoisotopic (exact) mass is 407 g/mol. The van der Waals surface area contributed by atoms with E-state index in [1.807, 2.05) is 42.1 Å². The Hall–Kier alpha value is -3.55. The Bertz CT molecular complexity index is 1090. The van der Waals surface area contributed by atoms with Gasteiger partial charge in [0, 0.05) is 35.8 Å². The molecule has 0 unspecified atom stereocenters. The Balaban J connectivity index is 1.67. The predicted molar refractivity (Wildman–Crippen MR) is 115 cm³/mol. The highest BCUT2D eigenvalue weighted by atomic mass is 16.5. The van der Waals surface area contributed by atoms with Gasteiger partial charge in [-0.3, -0.25) is 4.79 Å². The van der Waals surface area contributed by atoms with E-state index in [0.29, 0.717) is 5.82 Å². The van der Waals surface area contributed by atoms with Crippen molar-refractivity contribution in [2.75, 3.05) is 37.5 Å². The number of pyridine rings is 1. The van der Waals surface area contributed by atoms with Gasteiger partial charge >= 0.3 is 5.97 Å². The summed E-state index contributed by atoms with van der Waals surface area (Å²) in [6.45, 7) is 4.99. The number of carbonyl (C=O) groups is 1. The third kappa shape index (κ3) is 3.68. The van der Waals surface area contributed by atoms with E-state index < -0.39 is 0 Å². The lowest BCUT2D eigenvalue weighted by Crippen LogP contribution is -2.16. The number of hydrogen-bond acceptors (Lipinski definition) is 7. The lowest BCUT2D eigenvalue weighted by Gasteiger charge is -2.22. The average molecular weight is 407 g/mol. The van der Waals surface area contributed by atoms with Gasteiger partial charge in [-0.25, -0.2) is 9.67 Å². The number of fused-ring (bicyclic) bond motifs is 1. The average Bonchev–Trinajstić information content (AvgIpc) is 3.38. The van der Waals surface area contributed by atoms with Crippen molar-refractivity contribution in [1.29, 1.82) is 0 Å². The summed E-state index contributed by atoms with van der Waals surface area (Å²) in [5.41, 5.74) is 5.33. The highest BCUT2D eigenvalue weighted by Crippen LogP contribution is 2.38. The predicted octanol–water partition coefficient (Wildman–Crippen LogP) is 3.17. The molecular formula is C22H25N5O3. The molecule has 1 aliphatic heterocycles. The van der Waals surface area contributed by atoms with Crippen LogP contribution < -0.4 is 15.0 Å². The fourth-order valence-electron chi connectivity index (χ4n) is 3.74. The van der Waals surface area contributed by atoms with E-state index in [1.54, 1.807) is 7.11 Å². The number of hydrogen-bond donors (Lipinski definition) is 1. The molecule has 0 aliphatic carbocycles. The second-order valence-electron chi connectivity index (χ2n) is 7.21. The number of esters is 1. The van der Waals surface area contributed by atoms with Crippen molar-refractivity contribution in [3.05, 3.63) is 53.3 Å². The molecule has 3 aromatic rings. The quantitative estimate of drug-likeness (QED) is 0.629. The van der Waals surface area contributed by atoms with Crippen molar-refractivity contribution < 1.29 is 14.3 Å². The summed E-state index contributed by atoms with van der Waals surface area (Å²) in [4.78, 5) is 18.4. The van der Waals surface area contributed by atoms with Gasteiger partial charge in [-0.1, -0.05) is 0 Å². The molecule has 3 heterocycles. The van der Waals surface area contributed by atoms with Gasteiger partial charge in [0.05, 0.1) is 19.9 Å². The standard InChI is InChI=1S/C22H25N5O3/c1-14-11-16(29-3)5-6-18(14)26-9-7-17-19(12-15(2)24-22(17)26)27-10-8-20(25-27)23-13-21(28)30-4/h5-6,8,10-12H,7,9,13H2,1-4H3,(H,23,25). The fourth-order valence-corrected chi connectivity index (χ4v) is 3.74. The van der Waals surface area contributed by atoms with Crippen molar-refractivity contribution in [1.82, 2.24) is 14.8 Å². The van der Waals surface area contributed by atoms with E-state index in [4.69, 9.17) is 9.72 Å². The largest absolute Gasteiger partial charge is 0.497 e. The van der Waals surface area contributed by atoms with E-state index in [2.05, 4.69) is 33.0 Å². The van der Waals surface area contributed by atoms with Gasteiger partial charge in [-0.15, -0.1) is 0 Å². The number of aryl methyl sites for hydroxylation is 2. The van der Waals surface area contributed by atoms with Crippen LogP contribution in [0.1, 0.15) is 16.8 Å². The molecule has 0 atom stereocenters. The summed E-state index contributed by atoms with van der Waals surface area (Å²) in [5.74, 6) is 2.08. The van der Waals surface area contributed by atoms with Crippen LogP contribution in [0.15, 0.2) is 36.5 Å². The number of ether oxygens (including phenoxy) is 2. The number of rotatable bonds is 6. The maximum absolute atomic E-state index is 11.4. The molecule has 0 amide bonds. The molecule has 0 spiro atoms. The zero-order chi connectivity index (χ0) is 21.3. The number of nitrogens with one attached hydrogen (secondary N) is 1. The van der Waals surface area contributed by atoms with Crippen LogP contribution in [0.2, 0.25) is 0 Å². The first kappa shape index (κ1) is 19.8. The van der Waals surface area contributed by atoms with Crippen molar-refractivity contribution in [3.8, 4) is 11.4 Å². The van der Waals surface area contributed by atoms with Gasteiger partial charge < -0.3 is 19.7 Å². The highest BCUT2D eigenvalue weighted by molar-refractivity contribution is 5.75. The molecule has 2 aromatic heterocycles. The first-order valence-corrected chi connectivity index (χ1v) is 9.79. The Morgan fingerprint density at radius 1 is 1.17 bits per heavy atom. The van der Waals surface area contributed by atoms with Crippen molar-refractivity contribution in [2.45, 2.75) is 20.3 Å². The topological polar surface area (TPSA) is 81.5 Å². The van der Waals surface area contributed by atoms with Crippen LogP contribution in [0.4, 0.5) is 17.3 Å². The van der Waals surface area contributed by atoms with Crippen LogP contribution in [-0.2, 0) is 16.0 Å². The molecule has 0 fully saturated rings. The maximum Gasteiger partial charge on any atom is 0.325 e. The normalized spacial score (nSPS) is 12.6. The molecular weight excluding hydrogens is 382 g/mol. The van der Waals surface area contributed by atoms with Crippen molar-refractivity contribution in [3.63, 3.8) is 0 Å². The number of benzene rings is 1. The van der Waals surface area contributed by atoms with Crippen molar-refractivity contribution >= 4 is 23.3 Å². The van der Waals surface area contributed by atoms with Crippen molar-refractivity contribution in [2.24, 2.45) is 0 Å². The fraction of sp³-hybridized carbons (Fsp3) is 0.318. The number of anilines is 3. The first-order chi connectivity index (χ1) is 14.5. The van der Waals surface area contributed by atoms with Crippen LogP contribution in [-0.4, -0.2) is 48.0 Å². The number of carbonyl (C=O) groups excluding carboxylic acids is 1. The number of methoxy groups -OCH3 is 2. The Morgan fingerprint density at radius 2 is 2.00 bits per heavy atom. The minimum Gasteiger partial charge on any atom is -0.497 e. The van der Waals surface area contributed by atoms with E-state index in [0.717, 1.165) is 52.7 Å². The van der Waals surface area contributed by atoms with Gasteiger partial charge in [-0.05, 0) is 50.1 Å². The smallest absolute Gasteiger partial charge is 0.325 e. The second-order valence-corrected chi connectivity index (χ2v) is 7.21. The number of aromatic nitrogens is 3. The summed E-state index contributed by atoms with van der Waals surface area (Å²) in [6.07, 6.45) is 2.75. The molecule has 1 N–H and O–H groups in total. The van der Waals surface area contributed by atoms with Crippen LogP contribution in [0.25, 0.3) is 5.69 Å². The summed E-state index contributed by atoms with van der Waals surface area (Å²) >= 11 is 0. The van der Waals surface area contributed by atoms with E-state index in [9.17, 15) is 4.79 Å². The SMILES string of the molecule is COC(=O)CNc1ccn(-c2cc(C)nc3c2CCN3c2ccc(OC)cc2C)n1. The molecule has 8 nitrogen and oxygen atoms in total. The zero-order valence-corrected chi connectivity index (χ0v) is 17.6. The molecule has 0 radical (unpaired) electrons. The van der Waals surface area contributed by atoms with E-state index in [-0.39, 0.29) is 12.5 Å². The van der Waals surface area contributed by atoms with Gasteiger partial charge in [0.1, 0.15) is 23.9 Å². The van der Waals surface area contributed by atoms with Crippen LogP contribution in [0, 0.1) is 13.8 Å².